The first kappa shape index (κ1) is 18.4. The fraction of sp³-hybridized carbons (Fsp3) is 0.200. The van der Waals surface area contributed by atoms with Crippen LogP contribution >= 0.6 is 0 Å². The van der Waals surface area contributed by atoms with E-state index in [2.05, 4.69) is 34.2 Å². The molecule has 1 atom stereocenters. The molecule has 3 heterocycles. The van der Waals surface area contributed by atoms with Gasteiger partial charge in [-0.15, -0.1) is 0 Å². The Morgan fingerprint density at radius 1 is 1.17 bits per heavy atom. The highest BCUT2D eigenvalue weighted by Gasteiger charge is 2.35. The normalized spacial score (nSPS) is 15.8. The number of ether oxygens (including phenoxy) is 1. The molecule has 5 nitrogen and oxygen atoms in total. The van der Waals surface area contributed by atoms with Crippen molar-refractivity contribution in [3.63, 3.8) is 0 Å². The average molecular weight is 397 g/mol. The number of aromatic amines is 1. The summed E-state index contributed by atoms with van der Waals surface area (Å²) in [6, 6.07) is 19.8. The van der Waals surface area contributed by atoms with E-state index < -0.39 is 0 Å². The lowest BCUT2D eigenvalue weighted by atomic mass is 9.91. The van der Waals surface area contributed by atoms with Crippen LogP contribution in [0.3, 0.4) is 0 Å². The summed E-state index contributed by atoms with van der Waals surface area (Å²) in [7, 11) is 0. The number of carbonyl (C=O) groups excluding carboxylic acids is 1. The summed E-state index contributed by atoms with van der Waals surface area (Å²) in [6.07, 6.45) is 4.13. The molecule has 0 saturated heterocycles. The third-order valence-electron chi connectivity index (χ3n) is 5.69. The van der Waals surface area contributed by atoms with Crippen LogP contribution in [0.4, 0.5) is 0 Å². The summed E-state index contributed by atoms with van der Waals surface area (Å²) in [5.74, 6) is 0.797. The van der Waals surface area contributed by atoms with Gasteiger partial charge < -0.3 is 14.6 Å². The number of H-pyrrole nitrogens is 1. The number of fused-ring (bicyclic) bond motifs is 3. The lowest BCUT2D eigenvalue weighted by Crippen LogP contribution is -2.40. The number of pyridine rings is 1. The topological polar surface area (TPSA) is 58.2 Å². The fourth-order valence-corrected chi connectivity index (χ4v) is 4.40. The highest BCUT2D eigenvalue weighted by molar-refractivity contribution is 5.95. The minimum atomic E-state index is -0.214. The fourth-order valence-electron chi connectivity index (χ4n) is 4.40. The molecule has 5 heteroatoms. The van der Waals surface area contributed by atoms with Gasteiger partial charge in [0, 0.05) is 35.5 Å². The molecule has 2 aromatic carbocycles. The minimum absolute atomic E-state index is 0.0146. The Labute approximate surface area is 175 Å². The lowest BCUT2D eigenvalue weighted by Gasteiger charge is -2.36. The van der Waals surface area contributed by atoms with Gasteiger partial charge in [0.1, 0.15) is 5.75 Å². The second kappa shape index (κ2) is 7.67. The number of carbonyl (C=O) groups is 1. The number of nitrogens with one attached hydrogen (secondary N) is 1. The summed E-state index contributed by atoms with van der Waals surface area (Å²) < 4.78 is 5.74. The van der Waals surface area contributed by atoms with Gasteiger partial charge in [0.15, 0.2) is 0 Å². The number of aromatic nitrogens is 2. The highest BCUT2D eigenvalue weighted by Crippen LogP contribution is 2.39. The van der Waals surface area contributed by atoms with E-state index in [9.17, 15) is 4.79 Å². The molecule has 0 bridgehead atoms. The van der Waals surface area contributed by atoms with Gasteiger partial charge in [-0.25, -0.2) is 0 Å². The predicted octanol–water partition coefficient (Wildman–Crippen LogP) is 4.75. The van der Waals surface area contributed by atoms with Crippen LogP contribution < -0.4 is 4.74 Å². The quantitative estimate of drug-likeness (QED) is 0.541. The molecule has 1 aliphatic heterocycles. The van der Waals surface area contributed by atoms with E-state index in [0.29, 0.717) is 18.7 Å². The first-order valence-electron chi connectivity index (χ1n) is 10.3. The Morgan fingerprint density at radius 3 is 2.90 bits per heavy atom. The summed E-state index contributed by atoms with van der Waals surface area (Å²) in [4.78, 5) is 23.1. The molecule has 2 aromatic heterocycles. The predicted molar refractivity (Wildman–Crippen MR) is 117 cm³/mol. The van der Waals surface area contributed by atoms with Crippen molar-refractivity contribution >= 4 is 16.8 Å². The van der Waals surface area contributed by atoms with Crippen molar-refractivity contribution in [1.29, 1.82) is 0 Å². The molecule has 0 aliphatic carbocycles. The molecule has 0 spiro atoms. The molecule has 0 fully saturated rings. The highest BCUT2D eigenvalue weighted by atomic mass is 16.5. The number of hydrogen-bond acceptors (Lipinski definition) is 3. The number of rotatable bonds is 4. The van der Waals surface area contributed by atoms with Crippen LogP contribution in [0.5, 0.6) is 5.75 Å². The van der Waals surface area contributed by atoms with Gasteiger partial charge in [0.25, 0.3) is 5.91 Å². The van der Waals surface area contributed by atoms with Crippen molar-refractivity contribution in [2.45, 2.75) is 19.4 Å². The summed E-state index contributed by atoms with van der Waals surface area (Å²) in [6.45, 7) is 3.22. The third-order valence-corrected chi connectivity index (χ3v) is 5.69. The van der Waals surface area contributed by atoms with Crippen LogP contribution in [0.2, 0.25) is 0 Å². The number of nitrogens with zero attached hydrogens (tertiary/aromatic N) is 2. The summed E-state index contributed by atoms with van der Waals surface area (Å²) in [5.41, 5.74) is 5.10. The van der Waals surface area contributed by atoms with Gasteiger partial charge >= 0.3 is 0 Å². The van der Waals surface area contributed by atoms with Crippen molar-refractivity contribution in [2.75, 3.05) is 13.2 Å². The maximum Gasteiger partial charge on any atom is 0.256 e. The first-order valence-corrected chi connectivity index (χ1v) is 10.3. The van der Waals surface area contributed by atoms with Crippen LogP contribution in [0.15, 0.2) is 73.1 Å². The maximum atomic E-state index is 13.5. The molecule has 150 valence electrons. The molecule has 5 rings (SSSR count). The van der Waals surface area contributed by atoms with Gasteiger partial charge in [-0.05, 0) is 54.8 Å². The van der Waals surface area contributed by atoms with Crippen molar-refractivity contribution < 1.29 is 9.53 Å². The number of amides is 1. The van der Waals surface area contributed by atoms with Gasteiger partial charge in [-0.3, -0.25) is 9.78 Å². The Kier molecular flexibility index (Phi) is 4.71. The van der Waals surface area contributed by atoms with Gasteiger partial charge in [-0.2, -0.15) is 0 Å². The van der Waals surface area contributed by atoms with E-state index in [1.807, 2.05) is 42.2 Å². The average Bonchev–Trinajstić information content (AvgIpc) is 3.17. The molecule has 1 N–H and O–H groups in total. The molecular formula is C25H23N3O2. The van der Waals surface area contributed by atoms with Crippen LogP contribution in [-0.2, 0) is 6.42 Å². The van der Waals surface area contributed by atoms with Crippen LogP contribution in [0, 0.1) is 0 Å². The van der Waals surface area contributed by atoms with Crippen LogP contribution in [0.1, 0.15) is 40.1 Å². The smallest absolute Gasteiger partial charge is 0.256 e. The third kappa shape index (κ3) is 3.12. The molecule has 1 aliphatic rings. The first-order chi connectivity index (χ1) is 14.8. The maximum absolute atomic E-state index is 13.5. The minimum Gasteiger partial charge on any atom is -0.494 e. The molecule has 0 radical (unpaired) electrons. The Balaban J connectivity index is 1.66. The van der Waals surface area contributed by atoms with Gasteiger partial charge in [0.05, 0.1) is 18.2 Å². The molecule has 0 saturated carbocycles. The van der Waals surface area contributed by atoms with E-state index in [4.69, 9.17) is 4.74 Å². The van der Waals surface area contributed by atoms with E-state index in [1.54, 1.807) is 18.5 Å². The van der Waals surface area contributed by atoms with Crippen LogP contribution in [-0.4, -0.2) is 33.9 Å². The second-order valence-electron chi connectivity index (χ2n) is 7.46. The second-order valence-corrected chi connectivity index (χ2v) is 7.46. The standard InChI is InChI=1S/C25H23N3O2/c1-2-30-19-9-5-7-17(15-19)24-23-21(20-10-3-4-11-22(20)27-23)12-14-28(24)25(29)18-8-6-13-26-16-18/h3-11,13,15-16,24,27H,2,12,14H2,1H3/t24-/m0/s1. The van der Waals surface area contributed by atoms with Gasteiger partial charge in [0.2, 0.25) is 0 Å². The Morgan fingerprint density at radius 2 is 2.07 bits per heavy atom. The molecular weight excluding hydrogens is 374 g/mol. The van der Waals surface area contributed by atoms with E-state index in [-0.39, 0.29) is 11.9 Å². The molecule has 4 aromatic rings. The zero-order valence-corrected chi connectivity index (χ0v) is 16.8. The van der Waals surface area contributed by atoms with E-state index in [0.717, 1.165) is 28.9 Å². The summed E-state index contributed by atoms with van der Waals surface area (Å²) >= 11 is 0. The number of benzene rings is 2. The van der Waals surface area contributed by atoms with Gasteiger partial charge in [-0.1, -0.05) is 30.3 Å². The Hall–Kier alpha value is -3.60. The lowest BCUT2D eigenvalue weighted by molar-refractivity contribution is 0.0691. The molecule has 1 amide bonds. The van der Waals surface area contributed by atoms with Crippen molar-refractivity contribution in [3.05, 3.63) is 95.4 Å². The van der Waals surface area contributed by atoms with Crippen molar-refractivity contribution in [3.8, 4) is 5.75 Å². The Bertz CT molecular complexity index is 1200. The number of para-hydroxylation sites is 1. The zero-order chi connectivity index (χ0) is 20.5. The van der Waals surface area contributed by atoms with Crippen LogP contribution in [0.25, 0.3) is 10.9 Å². The van der Waals surface area contributed by atoms with Crippen molar-refractivity contribution in [2.24, 2.45) is 0 Å². The summed E-state index contributed by atoms with van der Waals surface area (Å²) in [5, 5.41) is 1.23. The molecule has 30 heavy (non-hydrogen) atoms. The largest absolute Gasteiger partial charge is 0.494 e. The van der Waals surface area contributed by atoms with E-state index >= 15 is 0 Å². The van der Waals surface area contributed by atoms with E-state index in [1.165, 1.54) is 10.9 Å². The zero-order valence-electron chi connectivity index (χ0n) is 16.8. The molecule has 0 unspecified atom stereocenters. The number of hydrogen-bond donors (Lipinski definition) is 1. The monoisotopic (exact) mass is 397 g/mol. The van der Waals surface area contributed by atoms with Crippen molar-refractivity contribution in [1.82, 2.24) is 14.9 Å². The SMILES string of the molecule is CCOc1cccc([C@H]2c3[nH]c4ccccc4c3CCN2C(=O)c2cccnc2)c1.